The molecule has 0 fully saturated rings. The van der Waals surface area contributed by atoms with E-state index in [1.165, 1.54) is 0 Å². The third-order valence-electron chi connectivity index (χ3n) is 0.674. The topological polar surface area (TPSA) is 79.1 Å². The molecule has 0 amide bonds. The van der Waals surface area contributed by atoms with Gasteiger partial charge in [0, 0.05) is 6.08 Å². The van der Waals surface area contributed by atoms with Crippen molar-refractivity contribution in [2.24, 2.45) is 10.2 Å². The molecule has 0 aromatic rings. The standard InChI is InChI=1S/C3H2N2O3S/c6-2-1-3(5-4-2)9(7)8/h1,6H. The average molecular weight is 146 g/mol. The molecule has 0 aliphatic carbocycles. The maximum Gasteiger partial charge on any atom is 0.242 e. The SMILES string of the molecule is O=S(=O)=C1C=C(O)N=N1. The number of rotatable bonds is 0. The van der Waals surface area contributed by atoms with Crippen molar-refractivity contribution < 1.29 is 13.5 Å². The predicted molar refractivity (Wildman–Crippen MR) is 29.5 cm³/mol. The average Bonchev–Trinajstić information content (AvgIpc) is 2.14. The van der Waals surface area contributed by atoms with Gasteiger partial charge in [0.25, 0.3) is 0 Å². The van der Waals surface area contributed by atoms with Crippen LogP contribution in [-0.4, -0.2) is 18.5 Å². The number of azo groups is 1. The molecule has 9 heavy (non-hydrogen) atoms. The van der Waals surface area contributed by atoms with Crippen LogP contribution in [0.2, 0.25) is 0 Å². The molecule has 1 aliphatic heterocycles. The molecular weight excluding hydrogens is 144 g/mol. The van der Waals surface area contributed by atoms with Crippen LogP contribution in [0.5, 0.6) is 0 Å². The van der Waals surface area contributed by atoms with E-state index in [0.717, 1.165) is 6.08 Å². The molecule has 1 aliphatic rings. The van der Waals surface area contributed by atoms with Crippen LogP contribution >= 0.6 is 0 Å². The lowest BCUT2D eigenvalue weighted by atomic mass is 10.6. The van der Waals surface area contributed by atoms with E-state index in [2.05, 4.69) is 10.2 Å². The molecule has 0 saturated heterocycles. The first kappa shape index (κ1) is 5.96. The zero-order valence-electron chi connectivity index (χ0n) is 4.14. The Balaban J connectivity index is 3.25. The molecule has 1 rings (SSSR count). The Bertz CT molecular complexity index is 302. The van der Waals surface area contributed by atoms with Crippen LogP contribution in [0.3, 0.4) is 0 Å². The third kappa shape index (κ3) is 1.14. The molecule has 1 N–H and O–H groups in total. The lowest BCUT2D eigenvalue weighted by Crippen LogP contribution is -1.83. The van der Waals surface area contributed by atoms with Crippen molar-refractivity contribution in [3.8, 4) is 0 Å². The van der Waals surface area contributed by atoms with Gasteiger partial charge in [0.15, 0.2) is 0 Å². The highest BCUT2D eigenvalue weighted by Gasteiger charge is 2.04. The second-order valence-electron chi connectivity index (χ2n) is 1.28. The Morgan fingerprint density at radius 1 is 1.44 bits per heavy atom. The van der Waals surface area contributed by atoms with Crippen molar-refractivity contribution in [2.45, 2.75) is 0 Å². The van der Waals surface area contributed by atoms with Crippen LogP contribution in [0.1, 0.15) is 0 Å². The zero-order chi connectivity index (χ0) is 6.85. The van der Waals surface area contributed by atoms with Crippen LogP contribution in [-0.2, 0) is 10.3 Å². The van der Waals surface area contributed by atoms with Crippen molar-refractivity contribution in [1.82, 2.24) is 0 Å². The van der Waals surface area contributed by atoms with Crippen molar-refractivity contribution in [1.29, 1.82) is 0 Å². The molecule has 0 unspecified atom stereocenters. The van der Waals surface area contributed by atoms with Crippen molar-refractivity contribution in [2.75, 3.05) is 0 Å². The minimum absolute atomic E-state index is 0.243. The van der Waals surface area contributed by atoms with Crippen LogP contribution in [0, 0.1) is 0 Å². The van der Waals surface area contributed by atoms with E-state index in [4.69, 9.17) is 5.11 Å². The Hall–Kier alpha value is -1.17. The molecule has 0 radical (unpaired) electrons. The third-order valence-corrected chi connectivity index (χ3v) is 1.22. The monoisotopic (exact) mass is 146 g/mol. The number of hydrogen-bond acceptors (Lipinski definition) is 4. The highest BCUT2D eigenvalue weighted by Crippen LogP contribution is 2.01. The van der Waals surface area contributed by atoms with E-state index < -0.39 is 10.3 Å². The number of aliphatic hydroxyl groups is 1. The van der Waals surface area contributed by atoms with E-state index in [-0.39, 0.29) is 10.9 Å². The summed E-state index contributed by atoms with van der Waals surface area (Å²) in [5.41, 5.74) is 0. The Morgan fingerprint density at radius 3 is 2.33 bits per heavy atom. The molecule has 5 nitrogen and oxygen atoms in total. The van der Waals surface area contributed by atoms with Crippen molar-refractivity contribution in [3.63, 3.8) is 0 Å². The second-order valence-corrected chi connectivity index (χ2v) is 2.16. The number of aliphatic hydroxyl groups excluding tert-OH is 1. The molecule has 0 bridgehead atoms. The van der Waals surface area contributed by atoms with E-state index >= 15 is 0 Å². The lowest BCUT2D eigenvalue weighted by molar-refractivity contribution is 0.405. The smallest absolute Gasteiger partial charge is 0.242 e. The molecular formula is C3H2N2O3S. The summed E-state index contributed by atoms with van der Waals surface area (Å²) >= 11 is 0. The van der Waals surface area contributed by atoms with Crippen molar-refractivity contribution >= 4 is 15.3 Å². The summed E-state index contributed by atoms with van der Waals surface area (Å²) < 4.78 is 20.0. The highest BCUT2D eigenvalue weighted by atomic mass is 32.2. The molecule has 6 heteroatoms. The quantitative estimate of drug-likeness (QED) is 0.483. The fraction of sp³-hybridized carbons (Fsp3) is 0. The summed E-state index contributed by atoms with van der Waals surface area (Å²) in [4.78, 5) is -0.243. The van der Waals surface area contributed by atoms with Crippen LogP contribution in [0.15, 0.2) is 22.2 Å². The molecule has 1 heterocycles. The number of hydrogen-bond donors (Lipinski definition) is 1. The van der Waals surface area contributed by atoms with Gasteiger partial charge in [0.1, 0.15) is 0 Å². The van der Waals surface area contributed by atoms with Crippen LogP contribution < -0.4 is 0 Å². The summed E-state index contributed by atoms with van der Waals surface area (Å²) in [6, 6.07) is 0. The van der Waals surface area contributed by atoms with Crippen LogP contribution in [0.25, 0.3) is 0 Å². The van der Waals surface area contributed by atoms with Gasteiger partial charge in [-0.25, -0.2) is 0 Å². The maximum atomic E-state index is 10.0. The fourth-order valence-corrected chi connectivity index (χ4v) is 0.659. The van der Waals surface area contributed by atoms with Crippen LogP contribution in [0.4, 0.5) is 0 Å². The Kier molecular flexibility index (Phi) is 1.31. The summed E-state index contributed by atoms with van der Waals surface area (Å²) in [6.07, 6.45) is 0.961. The van der Waals surface area contributed by atoms with E-state index in [1.807, 2.05) is 0 Å². The summed E-state index contributed by atoms with van der Waals surface area (Å²) in [7, 11) is -2.39. The van der Waals surface area contributed by atoms with Gasteiger partial charge in [-0.3, -0.25) is 0 Å². The highest BCUT2D eigenvalue weighted by molar-refractivity contribution is 7.73. The molecule has 0 saturated carbocycles. The first-order chi connectivity index (χ1) is 4.20. The summed E-state index contributed by atoms with van der Waals surface area (Å²) in [5, 5.41) is 14.6. The van der Waals surface area contributed by atoms with Gasteiger partial charge in [-0.1, -0.05) is 0 Å². The summed E-state index contributed by atoms with van der Waals surface area (Å²) in [5.74, 6) is -0.380. The molecule has 0 aromatic heterocycles. The number of nitrogens with zero attached hydrogens (tertiary/aromatic N) is 2. The Labute approximate surface area is 51.9 Å². The van der Waals surface area contributed by atoms with Gasteiger partial charge < -0.3 is 5.11 Å². The molecule has 0 spiro atoms. The minimum Gasteiger partial charge on any atom is -0.492 e. The normalized spacial score (nSPS) is 16.0. The van der Waals surface area contributed by atoms with Crippen molar-refractivity contribution in [3.05, 3.63) is 12.0 Å². The maximum absolute atomic E-state index is 10.0. The van der Waals surface area contributed by atoms with E-state index in [1.54, 1.807) is 0 Å². The predicted octanol–water partition coefficient (Wildman–Crippen LogP) is -0.139. The zero-order valence-corrected chi connectivity index (χ0v) is 4.96. The lowest BCUT2D eigenvalue weighted by Gasteiger charge is -1.69. The van der Waals surface area contributed by atoms with Gasteiger partial charge in [-0.2, -0.15) is 8.42 Å². The van der Waals surface area contributed by atoms with Gasteiger partial charge in [-0.15, -0.1) is 10.2 Å². The second kappa shape index (κ2) is 1.98. The molecule has 0 aromatic carbocycles. The Morgan fingerprint density at radius 2 is 2.11 bits per heavy atom. The largest absolute Gasteiger partial charge is 0.492 e. The first-order valence-corrected chi connectivity index (χ1v) is 3.06. The van der Waals surface area contributed by atoms with E-state index in [9.17, 15) is 8.42 Å². The van der Waals surface area contributed by atoms with E-state index in [0.29, 0.717) is 0 Å². The fourth-order valence-electron chi connectivity index (χ4n) is 0.350. The molecule has 48 valence electrons. The minimum atomic E-state index is -2.39. The summed E-state index contributed by atoms with van der Waals surface area (Å²) in [6.45, 7) is 0. The van der Waals surface area contributed by atoms with Gasteiger partial charge in [-0.05, 0) is 0 Å². The molecule has 0 atom stereocenters. The van der Waals surface area contributed by atoms with Gasteiger partial charge in [0.2, 0.25) is 21.2 Å². The van der Waals surface area contributed by atoms with Gasteiger partial charge in [0.05, 0.1) is 0 Å². The van der Waals surface area contributed by atoms with Gasteiger partial charge >= 0.3 is 0 Å². The first-order valence-electron chi connectivity index (χ1n) is 1.99.